The lowest BCUT2D eigenvalue weighted by molar-refractivity contribution is 0.331. The third-order valence-corrected chi connectivity index (χ3v) is 5.80. The van der Waals surface area contributed by atoms with E-state index in [2.05, 4.69) is 6.92 Å². The summed E-state index contributed by atoms with van der Waals surface area (Å²) in [5, 5.41) is 0. The molecule has 0 atom stereocenters. The van der Waals surface area contributed by atoms with E-state index in [9.17, 15) is 8.42 Å². The Morgan fingerprint density at radius 3 is 1.88 bits per heavy atom. The Morgan fingerprint density at radius 1 is 0.938 bits per heavy atom. The fourth-order valence-electron chi connectivity index (χ4n) is 1.74. The summed E-state index contributed by atoms with van der Waals surface area (Å²) in [6.07, 6.45) is 3.12. The molecule has 2 nitrogen and oxygen atoms in total. The van der Waals surface area contributed by atoms with Crippen LogP contribution in [0.5, 0.6) is 0 Å². The summed E-state index contributed by atoms with van der Waals surface area (Å²) in [6.45, 7) is 3.94. The van der Waals surface area contributed by atoms with Gasteiger partial charge in [-0.05, 0) is 24.7 Å². The van der Waals surface area contributed by atoms with Gasteiger partial charge in [0.25, 0.3) is 0 Å². The molecule has 0 N–H and O–H groups in total. The minimum absolute atomic E-state index is 0.209. The molecule has 5 heteroatoms. The van der Waals surface area contributed by atoms with E-state index >= 15 is 0 Å². The molecule has 0 aliphatic carbocycles. The molecule has 0 aliphatic heterocycles. The minimum Gasteiger partial charge on any atom is -0.229 e. The van der Waals surface area contributed by atoms with Crippen molar-refractivity contribution in [1.29, 1.82) is 0 Å². The molecule has 16 heavy (non-hydrogen) atoms. The van der Waals surface area contributed by atoms with Crippen LogP contribution in [0.1, 0.15) is 39.5 Å². The molecule has 0 aromatic heterocycles. The van der Waals surface area contributed by atoms with Crippen LogP contribution in [0, 0.1) is 5.41 Å². The van der Waals surface area contributed by atoms with Crippen LogP contribution in [0.4, 0.5) is 0 Å². The lowest BCUT2D eigenvalue weighted by Crippen LogP contribution is -2.28. The second-order valence-electron chi connectivity index (χ2n) is 4.42. The zero-order chi connectivity index (χ0) is 12.7. The van der Waals surface area contributed by atoms with Crippen LogP contribution >= 0.6 is 23.2 Å². The number of sulfone groups is 1. The van der Waals surface area contributed by atoms with Gasteiger partial charge < -0.3 is 0 Å². The van der Waals surface area contributed by atoms with E-state index < -0.39 is 9.84 Å². The van der Waals surface area contributed by atoms with E-state index in [-0.39, 0.29) is 16.9 Å². The summed E-state index contributed by atoms with van der Waals surface area (Å²) in [6, 6.07) is 0. The number of hydrogen-bond acceptors (Lipinski definition) is 2. The predicted molar refractivity (Wildman–Crippen MR) is 72.3 cm³/mol. The van der Waals surface area contributed by atoms with E-state index in [0.29, 0.717) is 24.6 Å². The van der Waals surface area contributed by atoms with Gasteiger partial charge in [0.1, 0.15) is 9.84 Å². The lowest BCUT2D eigenvalue weighted by atomic mass is 9.85. The SMILES string of the molecule is CCCC(CCl)(CCl)CCS(=O)(=O)CCC. The molecule has 0 aliphatic rings. The fraction of sp³-hybridized carbons (Fsp3) is 1.00. The van der Waals surface area contributed by atoms with Crippen molar-refractivity contribution in [3.63, 3.8) is 0 Å². The average Bonchev–Trinajstić information content (AvgIpc) is 2.24. The van der Waals surface area contributed by atoms with Crippen LogP contribution in [-0.4, -0.2) is 31.7 Å². The van der Waals surface area contributed by atoms with Crippen LogP contribution in [-0.2, 0) is 9.84 Å². The zero-order valence-corrected chi connectivity index (χ0v) is 12.5. The quantitative estimate of drug-likeness (QED) is 0.609. The summed E-state index contributed by atoms with van der Waals surface area (Å²) >= 11 is 11.9. The van der Waals surface area contributed by atoms with Gasteiger partial charge in [-0.15, -0.1) is 23.2 Å². The maximum absolute atomic E-state index is 11.6. The number of hydrogen-bond donors (Lipinski definition) is 0. The Balaban J connectivity index is 4.42. The second-order valence-corrected chi connectivity index (χ2v) is 7.26. The fourth-order valence-corrected chi connectivity index (χ4v) is 4.13. The first-order chi connectivity index (χ1) is 7.45. The summed E-state index contributed by atoms with van der Waals surface area (Å²) in [5.74, 6) is 1.35. The highest BCUT2D eigenvalue weighted by Gasteiger charge is 2.29. The Bertz CT molecular complexity index is 272. The van der Waals surface area contributed by atoms with Gasteiger partial charge in [0.2, 0.25) is 0 Å². The van der Waals surface area contributed by atoms with Gasteiger partial charge in [-0.2, -0.15) is 0 Å². The van der Waals surface area contributed by atoms with Gasteiger partial charge in [-0.1, -0.05) is 20.3 Å². The summed E-state index contributed by atoms with van der Waals surface area (Å²) in [4.78, 5) is 0. The van der Waals surface area contributed by atoms with Gasteiger partial charge in [-0.3, -0.25) is 0 Å². The number of halogens is 2. The van der Waals surface area contributed by atoms with Gasteiger partial charge >= 0.3 is 0 Å². The zero-order valence-electron chi connectivity index (χ0n) is 10.1. The van der Waals surface area contributed by atoms with Crippen LogP contribution < -0.4 is 0 Å². The molecular formula is C11H22Cl2O2S. The van der Waals surface area contributed by atoms with Crippen molar-refractivity contribution in [2.75, 3.05) is 23.3 Å². The number of alkyl halides is 2. The van der Waals surface area contributed by atoms with Crippen molar-refractivity contribution in [1.82, 2.24) is 0 Å². The lowest BCUT2D eigenvalue weighted by Gasteiger charge is -2.29. The molecule has 0 saturated carbocycles. The molecule has 0 spiro atoms. The molecule has 0 bridgehead atoms. The van der Waals surface area contributed by atoms with Crippen molar-refractivity contribution in [2.24, 2.45) is 5.41 Å². The van der Waals surface area contributed by atoms with E-state index in [1.807, 2.05) is 6.92 Å². The first kappa shape index (κ1) is 16.5. The standard InChI is InChI=1S/C11H22Cl2O2S/c1-3-5-11(9-12,10-13)6-8-16(14,15)7-4-2/h3-10H2,1-2H3. The van der Waals surface area contributed by atoms with Crippen molar-refractivity contribution < 1.29 is 8.42 Å². The van der Waals surface area contributed by atoms with Crippen molar-refractivity contribution in [3.05, 3.63) is 0 Å². The van der Waals surface area contributed by atoms with Crippen molar-refractivity contribution in [2.45, 2.75) is 39.5 Å². The largest absolute Gasteiger partial charge is 0.229 e. The Kier molecular flexibility index (Phi) is 8.04. The molecule has 0 aromatic carbocycles. The molecular weight excluding hydrogens is 267 g/mol. The van der Waals surface area contributed by atoms with Gasteiger partial charge in [0, 0.05) is 17.5 Å². The van der Waals surface area contributed by atoms with Crippen LogP contribution in [0.15, 0.2) is 0 Å². The molecule has 0 rings (SSSR count). The van der Waals surface area contributed by atoms with Gasteiger partial charge in [-0.25, -0.2) is 8.42 Å². The first-order valence-corrected chi connectivity index (χ1v) is 8.66. The Labute approximate surface area is 110 Å². The van der Waals surface area contributed by atoms with Gasteiger partial charge in [0.15, 0.2) is 0 Å². The van der Waals surface area contributed by atoms with E-state index in [0.717, 1.165) is 12.8 Å². The molecule has 0 aromatic rings. The van der Waals surface area contributed by atoms with E-state index in [4.69, 9.17) is 23.2 Å². The normalized spacial score (nSPS) is 13.0. The summed E-state index contributed by atoms with van der Waals surface area (Å²) in [5.41, 5.74) is -0.210. The molecule has 0 amide bonds. The Morgan fingerprint density at radius 2 is 1.50 bits per heavy atom. The number of rotatable bonds is 9. The monoisotopic (exact) mass is 288 g/mol. The van der Waals surface area contributed by atoms with Crippen LogP contribution in [0.3, 0.4) is 0 Å². The van der Waals surface area contributed by atoms with Crippen molar-refractivity contribution >= 4 is 33.0 Å². The highest BCUT2D eigenvalue weighted by molar-refractivity contribution is 7.91. The maximum atomic E-state index is 11.6. The van der Waals surface area contributed by atoms with Crippen molar-refractivity contribution in [3.8, 4) is 0 Å². The average molecular weight is 289 g/mol. The second kappa shape index (κ2) is 7.78. The van der Waals surface area contributed by atoms with Gasteiger partial charge in [0.05, 0.1) is 5.75 Å². The van der Waals surface area contributed by atoms with E-state index in [1.165, 1.54) is 0 Å². The highest BCUT2D eigenvalue weighted by Crippen LogP contribution is 2.32. The molecule has 0 fully saturated rings. The minimum atomic E-state index is -2.92. The van der Waals surface area contributed by atoms with E-state index in [1.54, 1.807) is 0 Å². The van der Waals surface area contributed by atoms with Crippen LogP contribution in [0.2, 0.25) is 0 Å². The van der Waals surface area contributed by atoms with Crippen LogP contribution in [0.25, 0.3) is 0 Å². The summed E-state index contributed by atoms with van der Waals surface area (Å²) < 4.78 is 23.3. The highest BCUT2D eigenvalue weighted by atomic mass is 35.5. The molecule has 0 saturated heterocycles. The third kappa shape index (κ3) is 5.74. The molecule has 0 heterocycles. The first-order valence-electron chi connectivity index (χ1n) is 5.77. The molecule has 0 radical (unpaired) electrons. The molecule has 98 valence electrons. The molecule has 0 unspecified atom stereocenters. The third-order valence-electron chi connectivity index (χ3n) is 2.81. The topological polar surface area (TPSA) is 34.1 Å². The maximum Gasteiger partial charge on any atom is 0.150 e. The Hall–Kier alpha value is 0.530. The predicted octanol–water partition coefficient (Wildman–Crippen LogP) is 3.47. The summed E-state index contributed by atoms with van der Waals surface area (Å²) in [7, 11) is -2.92. The smallest absolute Gasteiger partial charge is 0.150 e.